The van der Waals surface area contributed by atoms with E-state index < -0.39 is 0 Å². The second-order valence-corrected chi connectivity index (χ2v) is 6.25. The highest BCUT2D eigenvalue weighted by atomic mass is 16.2. The van der Waals surface area contributed by atoms with Gasteiger partial charge < -0.3 is 16.0 Å². The molecule has 2 aromatic carbocycles. The van der Waals surface area contributed by atoms with E-state index in [0.29, 0.717) is 12.5 Å². The number of piperidine rings is 1. The Morgan fingerprint density at radius 3 is 2.39 bits per heavy atom. The Kier molecular flexibility index (Phi) is 4.93. The summed E-state index contributed by atoms with van der Waals surface area (Å²) in [6, 6.07) is 19.9. The van der Waals surface area contributed by atoms with Crippen molar-refractivity contribution in [3.8, 4) is 0 Å². The van der Waals surface area contributed by atoms with Gasteiger partial charge in [-0.25, -0.2) is 4.79 Å². The lowest BCUT2D eigenvalue weighted by Crippen LogP contribution is -2.51. The number of likely N-dealkylation sites (tertiary alicyclic amines) is 1. The predicted molar refractivity (Wildman–Crippen MR) is 93.3 cm³/mol. The van der Waals surface area contributed by atoms with Gasteiger partial charge in [0.1, 0.15) is 0 Å². The fraction of sp³-hybridized carbons (Fsp3) is 0.316. The summed E-state index contributed by atoms with van der Waals surface area (Å²) in [5.41, 5.74) is 8.30. The van der Waals surface area contributed by atoms with Crippen LogP contribution in [0.5, 0.6) is 0 Å². The summed E-state index contributed by atoms with van der Waals surface area (Å²) in [5.74, 6) is 0.405. The molecule has 1 fully saturated rings. The molecular weight excluding hydrogens is 286 g/mol. The summed E-state index contributed by atoms with van der Waals surface area (Å²) in [6.07, 6.45) is 1.92. The molecule has 3 N–H and O–H groups in total. The molecule has 23 heavy (non-hydrogen) atoms. The molecule has 3 rings (SSSR count). The van der Waals surface area contributed by atoms with Crippen LogP contribution in [-0.2, 0) is 6.42 Å². The van der Waals surface area contributed by atoms with E-state index in [-0.39, 0.29) is 12.1 Å². The van der Waals surface area contributed by atoms with Crippen LogP contribution in [0.25, 0.3) is 0 Å². The zero-order chi connectivity index (χ0) is 16.1. The minimum absolute atomic E-state index is 0.0407. The molecule has 1 aliphatic rings. The van der Waals surface area contributed by atoms with Crippen molar-refractivity contribution >= 4 is 11.7 Å². The highest BCUT2D eigenvalue weighted by molar-refractivity contribution is 5.89. The first kappa shape index (κ1) is 15.6. The Morgan fingerprint density at radius 2 is 1.70 bits per heavy atom. The van der Waals surface area contributed by atoms with Crippen LogP contribution in [0.2, 0.25) is 0 Å². The second kappa shape index (κ2) is 7.29. The molecule has 2 atom stereocenters. The number of urea groups is 1. The van der Waals surface area contributed by atoms with Crippen LogP contribution < -0.4 is 11.1 Å². The fourth-order valence-electron chi connectivity index (χ4n) is 3.23. The number of para-hydroxylation sites is 1. The molecule has 4 nitrogen and oxygen atoms in total. The number of nitrogens with one attached hydrogen (secondary N) is 1. The smallest absolute Gasteiger partial charge is 0.321 e. The molecule has 2 amide bonds. The van der Waals surface area contributed by atoms with Crippen molar-refractivity contribution in [3.05, 3.63) is 66.2 Å². The monoisotopic (exact) mass is 309 g/mol. The van der Waals surface area contributed by atoms with Crippen molar-refractivity contribution in [2.45, 2.75) is 18.9 Å². The highest BCUT2D eigenvalue weighted by Crippen LogP contribution is 2.21. The van der Waals surface area contributed by atoms with E-state index in [9.17, 15) is 4.79 Å². The minimum Gasteiger partial charge on any atom is -0.326 e. The molecule has 4 heteroatoms. The topological polar surface area (TPSA) is 58.4 Å². The van der Waals surface area contributed by atoms with Crippen molar-refractivity contribution in [1.29, 1.82) is 0 Å². The molecule has 0 spiro atoms. The van der Waals surface area contributed by atoms with Gasteiger partial charge >= 0.3 is 6.03 Å². The van der Waals surface area contributed by atoms with Crippen LogP contribution >= 0.6 is 0 Å². The first-order valence-electron chi connectivity index (χ1n) is 8.11. The van der Waals surface area contributed by atoms with Crippen LogP contribution in [-0.4, -0.2) is 30.1 Å². The number of rotatable bonds is 3. The third-order valence-electron chi connectivity index (χ3n) is 4.25. The summed E-state index contributed by atoms with van der Waals surface area (Å²) in [7, 11) is 0. The van der Waals surface area contributed by atoms with Gasteiger partial charge in [-0.2, -0.15) is 0 Å². The SMILES string of the molecule is NC1CC(Cc2ccccc2)CN(C(=O)Nc2ccccc2)C1. The highest BCUT2D eigenvalue weighted by Gasteiger charge is 2.28. The average Bonchev–Trinajstić information content (AvgIpc) is 2.56. The van der Waals surface area contributed by atoms with Crippen molar-refractivity contribution in [3.63, 3.8) is 0 Å². The normalized spacial score (nSPS) is 21.0. The fourth-order valence-corrected chi connectivity index (χ4v) is 3.23. The van der Waals surface area contributed by atoms with E-state index in [2.05, 4.69) is 29.6 Å². The molecule has 0 saturated carbocycles. The zero-order valence-electron chi connectivity index (χ0n) is 13.2. The van der Waals surface area contributed by atoms with Gasteiger partial charge in [-0.1, -0.05) is 48.5 Å². The van der Waals surface area contributed by atoms with E-state index in [1.165, 1.54) is 5.56 Å². The quantitative estimate of drug-likeness (QED) is 0.915. The van der Waals surface area contributed by atoms with E-state index in [1.807, 2.05) is 41.3 Å². The molecule has 0 bridgehead atoms. The predicted octanol–water partition coefficient (Wildman–Crippen LogP) is 3.11. The number of carbonyl (C=O) groups is 1. The van der Waals surface area contributed by atoms with Crippen molar-refractivity contribution < 1.29 is 4.79 Å². The van der Waals surface area contributed by atoms with E-state index in [0.717, 1.165) is 25.1 Å². The van der Waals surface area contributed by atoms with Crippen LogP contribution in [0.3, 0.4) is 0 Å². The summed E-state index contributed by atoms with van der Waals surface area (Å²) < 4.78 is 0. The standard InChI is InChI=1S/C19H23N3O/c20-17-12-16(11-15-7-3-1-4-8-15)13-22(14-17)19(23)21-18-9-5-2-6-10-18/h1-10,16-17H,11-14,20H2,(H,21,23). The molecule has 2 unspecified atom stereocenters. The number of benzene rings is 2. The van der Waals surface area contributed by atoms with Gasteiger partial charge in [-0.15, -0.1) is 0 Å². The molecule has 1 saturated heterocycles. The van der Waals surface area contributed by atoms with Gasteiger partial charge in [0.25, 0.3) is 0 Å². The van der Waals surface area contributed by atoms with Crippen molar-refractivity contribution in [1.82, 2.24) is 4.90 Å². The third-order valence-corrected chi connectivity index (χ3v) is 4.25. The Hall–Kier alpha value is -2.33. The Bertz CT molecular complexity index is 630. The number of hydrogen-bond donors (Lipinski definition) is 2. The van der Waals surface area contributed by atoms with Gasteiger partial charge in [0.2, 0.25) is 0 Å². The van der Waals surface area contributed by atoms with Crippen molar-refractivity contribution in [2.75, 3.05) is 18.4 Å². The lowest BCUT2D eigenvalue weighted by atomic mass is 9.89. The molecule has 0 radical (unpaired) electrons. The van der Waals surface area contributed by atoms with E-state index in [4.69, 9.17) is 5.73 Å². The number of carbonyl (C=O) groups excluding carboxylic acids is 1. The van der Waals surface area contributed by atoms with Gasteiger partial charge in [-0.3, -0.25) is 0 Å². The van der Waals surface area contributed by atoms with Gasteiger partial charge in [0.05, 0.1) is 0 Å². The van der Waals surface area contributed by atoms with E-state index >= 15 is 0 Å². The first-order valence-corrected chi connectivity index (χ1v) is 8.11. The molecule has 0 aliphatic carbocycles. The lowest BCUT2D eigenvalue weighted by Gasteiger charge is -2.36. The largest absolute Gasteiger partial charge is 0.326 e. The number of nitrogens with two attached hydrogens (primary N) is 1. The molecular formula is C19H23N3O. The summed E-state index contributed by atoms with van der Waals surface area (Å²) in [4.78, 5) is 14.3. The maximum atomic E-state index is 12.5. The van der Waals surface area contributed by atoms with Gasteiger partial charge in [0, 0.05) is 24.8 Å². The van der Waals surface area contributed by atoms with E-state index in [1.54, 1.807) is 0 Å². The van der Waals surface area contributed by atoms with Crippen LogP contribution in [0.4, 0.5) is 10.5 Å². The summed E-state index contributed by atoms with van der Waals surface area (Å²) in [5, 5.41) is 2.95. The number of hydrogen-bond acceptors (Lipinski definition) is 2. The molecule has 120 valence electrons. The number of amides is 2. The molecule has 2 aromatic rings. The molecule has 0 aromatic heterocycles. The van der Waals surface area contributed by atoms with Gasteiger partial charge in [-0.05, 0) is 36.5 Å². The lowest BCUT2D eigenvalue weighted by molar-refractivity contribution is 0.166. The number of nitrogens with zero attached hydrogens (tertiary/aromatic N) is 1. The van der Waals surface area contributed by atoms with Crippen LogP contribution in [0.15, 0.2) is 60.7 Å². The zero-order valence-corrected chi connectivity index (χ0v) is 13.2. The molecule has 1 aliphatic heterocycles. The Morgan fingerprint density at radius 1 is 1.04 bits per heavy atom. The minimum atomic E-state index is -0.0654. The maximum absolute atomic E-state index is 12.5. The molecule has 1 heterocycles. The first-order chi connectivity index (χ1) is 11.2. The summed E-state index contributed by atoms with van der Waals surface area (Å²) >= 11 is 0. The second-order valence-electron chi connectivity index (χ2n) is 6.25. The number of anilines is 1. The van der Waals surface area contributed by atoms with Crippen LogP contribution in [0.1, 0.15) is 12.0 Å². The van der Waals surface area contributed by atoms with Crippen LogP contribution in [0, 0.1) is 5.92 Å². The Balaban J connectivity index is 1.62. The summed E-state index contributed by atoms with van der Waals surface area (Å²) in [6.45, 7) is 1.37. The van der Waals surface area contributed by atoms with Crippen molar-refractivity contribution in [2.24, 2.45) is 11.7 Å². The van der Waals surface area contributed by atoms with Gasteiger partial charge in [0.15, 0.2) is 0 Å². The Labute approximate surface area is 137 Å². The average molecular weight is 309 g/mol. The third kappa shape index (κ3) is 4.33. The maximum Gasteiger partial charge on any atom is 0.321 e.